The lowest BCUT2D eigenvalue weighted by molar-refractivity contribution is -0.141. The molecule has 1 aromatic heterocycles. The van der Waals surface area contributed by atoms with E-state index in [0.717, 1.165) is 17.3 Å². The van der Waals surface area contributed by atoms with Gasteiger partial charge in [0.1, 0.15) is 5.69 Å². The molecule has 1 aliphatic rings. The molecule has 1 aliphatic heterocycles. The zero-order chi connectivity index (χ0) is 18.9. The fraction of sp³-hybridized carbons (Fsp3) is 0.444. The number of aromatic nitrogens is 2. The average molecular weight is 366 g/mol. The van der Waals surface area contributed by atoms with Crippen LogP contribution in [0.5, 0.6) is 0 Å². The van der Waals surface area contributed by atoms with Crippen LogP contribution in [-0.2, 0) is 19.8 Å². The molecule has 0 saturated carbocycles. The first-order valence-corrected chi connectivity index (χ1v) is 8.42. The minimum atomic E-state index is -4.55. The second kappa shape index (κ2) is 7.11. The number of amides is 1. The van der Waals surface area contributed by atoms with Crippen molar-refractivity contribution < 1.29 is 18.0 Å². The maximum absolute atomic E-state index is 12.8. The van der Waals surface area contributed by atoms with E-state index in [1.165, 1.54) is 18.2 Å². The molecule has 1 fully saturated rings. The van der Waals surface area contributed by atoms with Gasteiger partial charge in [-0.1, -0.05) is 29.8 Å². The minimum Gasteiger partial charge on any atom is -0.335 e. The Balaban J connectivity index is 1.61. The molecule has 3 rings (SSSR count). The van der Waals surface area contributed by atoms with Crippen molar-refractivity contribution in [1.82, 2.24) is 19.6 Å². The van der Waals surface area contributed by atoms with E-state index in [-0.39, 0.29) is 5.69 Å². The highest BCUT2D eigenvalue weighted by molar-refractivity contribution is 5.92. The zero-order valence-corrected chi connectivity index (χ0v) is 14.8. The van der Waals surface area contributed by atoms with Crippen LogP contribution in [0.3, 0.4) is 0 Å². The van der Waals surface area contributed by atoms with Crippen LogP contribution in [0.1, 0.15) is 27.3 Å². The molecule has 26 heavy (non-hydrogen) atoms. The average Bonchev–Trinajstić information content (AvgIpc) is 2.97. The predicted octanol–water partition coefficient (Wildman–Crippen LogP) is 2.71. The second-order valence-corrected chi connectivity index (χ2v) is 6.59. The van der Waals surface area contributed by atoms with Gasteiger partial charge in [0.15, 0.2) is 5.69 Å². The molecule has 0 atom stereocenters. The number of halogens is 3. The third kappa shape index (κ3) is 4.07. The third-order valence-corrected chi connectivity index (χ3v) is 4.54. The standard InChI is InChI=1S/C18H21F3N4O/c1-13-4-3-5-14(10-13)12-24-6-8-25(9-7-24)17(26)15-11-16(18(19,20)21)22-23(15)2/h3-5,10-11H,6-9,12H2,1-2H3. The number of piperazine rings is 1. The normalized spacial score (nSPS) is 16.1. The molecule has 1 amide bonds. The number of carbonyl (C=O) groups excluding carboxylic acids is 1. The Labute approximate surface area is 150 Å². The van der Waals surface area contributed by atoms with Crippen LogP contribution in [0.4, 0.5) is 13.2 Å². The Bertz CT molecular complexity index is 792. The summed E-state index contributed by atoms with van der Waals surface area (Å²) in [5.41, 5.74) is 1.34. The van der Waals surface area contributed by atoms with Crippen LogP contribution < -0.4 is 0 Å². The number of benzene rings is 1. The van der Waals surface area contributed by atoms with Gasteiger partial charge in [0.25, 0.3) is 5.91 Å². The van der Waals surface area contributed by atoms with E-state index in [1.54, 1.807) is 4.90 Å². The summed E-state index contributed by atoms with van der Waals surface area (Å²) in [5.74, 6) is -0.411. The quantitative estimate of drug-likeness (QED) is 0.839. The fourth-order valence-corrected chi connectivity index (χ4v) is 3.15. The van der Waals surface area contributed by atoms with Crippen molar-refractivity contribution in [3.8, 4) is 0 Å². The van der Waals surface area contributed by atoms with Crippen molar-refractivity contribution in [2.24, 2.45) is 7.05 Å². The Morgan fingerprint density at radius 3 is 2.42 bits per heavy atom. The van der Waals surface area contributed by atoms with Crippen LogP contribution in [0, 0.1) is 6.92 Å². The summed E-state index contributed by atoms with van der Waals surface area (Å²) >= 11 is 0. The van der Waals surface area contributed by atoms with Crippen LogP contribution in [0.2, 0.25) is 0 Å². The highest BCUT2D eigenvalue weighted by atomic mass is 19.4. The summed E-state index contributed by atoms with van der Waals surface area (Å²) in [5, 5.41) is 3.41. The molecule has 2 heterocycles. The topological polar surface area (TPSA) is 41.4 Å². The smallest absolute Gasteiger partial charge is 0.335 e. The molecule has 1 saturated heterocycles. The van der Waals surface area contributed by atoms with E-state index in [9.17, 15) is 18.0 Å². The molecule has 2 aromatic rings. The summed E-state index contributed by atoms with van der Waals surface area (Å²) in [4.78, 5) is 16.4. The molecule has 0 radical (unpaired) electrons. The number of alkyl halides is 3. The summed E-state index contributed by atoms with van der Waals surface area (Å²) in [6.45, 7) is 5.18. The van der Waals surface area contributed by atoms with Crippen molar-refractivity contribution in [3.05, 3.63) is 52.8 Å². The van der Waals surface area contributed by atoms with Gasteiger partial charge in [0, 0.05) is 45.8 Å². The lowest BCUT2D eigenvalue weighted by Gasteiger charge is -2.34. The number of aryl methyl sites for hydroxylation is 2. The SMILES string of the molecule is Cc1cccc(CN2CCN(C(=O)c3cc(C(F)(F)F)nn3C)CC2)c1. The lowest BCUT2D eigenvalue weighted by atomic mass is 10.1. The highest BCUT2D eigenvalue weighted by Crippen LogP contribution is 2.28. The number of hydrogen-bond acceptors (Lipinski definition) is 3. The van der Waals surface area contributed by atoms with E-state index in [1.807, 2.05) is 19.1 Å². The first kappa shape index (κ1) is 18.4. The van der Waals surface area contributed by atoms with Crippen LogP contribution in [-0.4, -0.2) is 51.7 Å². The van der Waals surface area contributed by atoms with Gasteiger partial charge in [0.2, 0.25) is 0 Å². The van der Waals surface area contributed by atoms with Gasteiger partial charge in [-0.05, 0) is 12.5 Å². The molecule has 140 valence electrons. The summed E-state index contributed by atoms with van der Waals surface area (Å²) in [6.07, 6.45) is -4.55. The van der Waals surface area contributed by atoms with E-state index >= 15 is 0 Å². The lowest BCUT2D eigenvalue weighted by Crippen LogP contribution is -2.48. The molecule has 1 aromatic carbocycles. The largest absolute Gasteiger partial charge is 0.435 e. The maximum Gasteiger partial charge on any atom is 0.435 e. The maximum atomic E-state index is 12.8. The third-order valence-electron chi connectivity index (χ3n) is 4.54. The van der Waals surface area contributed by atoms with Gasteiger partial charge in [-0.2, -0.15) is 18.3 Å². The van der Waals surface area contributed by atoms with Crippen molar-refractivity contribution in [3.63, 3.8) is 0 Å². The molecule has 0 bridgehead atoms. The van der Waals surface area contributed by atoms with Crippen molar-refractivity contribution >= 4 is 5.91 Å². The minimum absolute atomic E-state index is 0.0375. The molecule has 5 nitrogen and oxygen atoms in total. The molecule has 0 N–H and O–H groups in total. The molecule has 0 spiro atoms. The predicted molar refractivity (Wildman–Crippen MR) is 90.6 cm³/mol. The summed E-state index contributed by atoms with van der Waals surface area (Å²) < 4.78 is 39.3. The molecular formula is C18H21F3N4O. The van der Waals surface area contributed by atoms with Crippen LogP contribution in [0.25, 0.3) is 0 Å². The Hall–Kier alpha value is -2.35. The fourth-order valence-electron chi connectivity index (χ4n) is 3.15. The number of rotatable bonds is 3. The second-order valence-electron chi connectivity index (χ2n) is 6.59. The highest BCUT2D eigenvalue weighted by Gasteiger charge is 2.36. The first-order valence-electron chi connectivity index (χ1n) is 8.42. The van der Waals surface area contributed by atoms with Crippen molar-refractivity contribution in [1.29, 1.82) is 0 Å². The van der Waals surface area contributed by atoms with E-state index in [2.05, 4.69) is 22.1 Å². The molecule has 0 unspecified atom stereocenters. The monoisotopic (exact) mass is 366 g/mol. The Morgan fingerprint density at radius 2 is 1.85 bits per heavy atom. The number of nitrogens with zero attached hydrogens (tertiary/aromatic N) is 4. The number of carbonyl (C=O) groups is 1. The Morgan fingerprint density at radius 1 is 1.15 bits per heavy atom. The van der Waals surface area contributed by atoms with Gasteiger partial charge in [-0.25, -0.2) is 0 Å². The molecule has 8 heteroatoms. The molecule has 0 aliphatic carbocycles. The first-order chi connectivity index (χ1) is 12.2. The van der Waals surface area contributed by atoms with Crippen LogP contribution in [0.15, 0.2) is 30.3 Å². The van der Waals surface area contributed by atoms with E-state index in [4.69, 9.17) is 0 Å². The van der Waals surface area contributed by atoms with Crippen molar-refractivity contribution in [2.75, 3.05) is 26.2 Å². The Kier molecular flexibility index (Phi) is 5.04. The summed E-state index contributed by atoms with van der Waals surface area (Å²) in [6, 6.07) is 9.08. The van der Waals surface area contributed by atoms with Crippen LogP contribution >= 0.6 is 0 Å². The van der Waals surface area contributed by atoms with Gasteiger partial charge in [-0.15, -0.1) is 0 Å². The zero-order valence-electron chi connectivity index (χ0n) is 14.8. The van der Waals surface area contributed by atoms with Crippen molar-refractivity contribution in [2.45, 2.75) is 19.6 Å². The summed E-state index contributed by atoms with van der Waals surface area (Å²) in [7, 11) is 1.36. The van der Waals surface area contributed by atoms with Gasteiger partial charge >= 0.3 is 6.18 Å². The van der Waals surface area contributed by atoms with E-state index in [0.29, 0.717) is 26.2 Å². The van der Waals surface area contributed by atoms with E-state index < -0.39 is 17.8 Å². The van der Waals surface area contributed by atoms with Gasteiger partial charge in [-0.3, -0.25) is 14.4 Å². The molecular weight excluding hydrogens is 345 g/mol. The number of hydrogen-bond donors (Lipinski definition) is 0. The van der Waals surface area contributed by atoms with Gasteiger partial charge in [0.05, 0.1) is 0 Å². The van der Waals surface area contributed by atoms with Gasteiger partial charge < -0.3 is 4.90 Å².